The molecule has 1 saturated carbocycles. The molecule has 0 spiro atoms. The summed E-state index contributed by atoms with van der Waals surface area (Å²) in [5.41, 5.74) is 0.952. The highest BCUT2D eigenvalue weighted by Gasteiger charge is 2.21. The number of rotatable bonds is 5. The first-order valence-corrected chi connectivity index (χ1v) is 7.54. The maximum atomic E-state index is 11.7. The van der Waals surface area contributed by atoms with Crippen LogP contribution in [0.1, 0.15) is 43.1 Å². The van der Waals surface area contributed by atoms with E-state index in [1.165, 1.54) is 12.8 Å². The number of tetrazole rings is 1. The van der Waals surface area contributed by atoms with Crippen molar-refractivity contribution in [1.29, 1.82) is 0 Å². The van der Waals surface area contributed by atoms with Gasteiger partial charge in [0.15, 0.2) is 5.82 Å². The van der Waals surface area contributed by atoms with Gasteiger partial charge in [-0.1, -0.05) is 43.2 Å². The Morgan fingerprint density at radius 1 is 1.27 bits per heavy atom. The Morgan fingerprint density at radius 2 is 2.05 bits per heavy atom. The van der Waals surface area contributed by atoms with E-state index in [0.29, 0.717) is 11.9 Å². The number of aromatic nitrogens is 4. The zero-order valence-electron chi connectivity index (χ0n) is 12.3. The molecule has 1 fully saturated rings. The first-order valence-electron chi connectivity index (χ1n) is 7.54. The van der Waals surface area contributed by atoms with E-state index in [-0.39, 0.29) is 13.2 Å². The predicted molar refractivity (Wildman–Crippen MR) is 78.8 cm³/mol. The van der Waals surface area contributed by atoms with Crippen LogP contribution in [-0.4, -0.2) is 26.3 Å². The molecule has 0 aliphatic heterocycles. The summed E-state index contributed by atoms with van der Waals surface area (Å²) in [7, 11) is 0. The van der Waals surface area contributed by atoms with E-state index in [2.05, 4.69) is 20.8 Å². The maximum Gasteiger partial charge on any atom is 0.407 e. The molecular weight excluding hydrogens is 282 g/mol. The average molecular weight is 301 g/mol. The third-order valence-corrected chi connectivity index (χ3v) is 3.84. The molecular formula is C15H19N5O2. The third-order valence-electron chi connectivity index (χ3n) is 3.84. The third kappa shape index (κ3) is 3.60. The van der Waals surface area contributed by atoms with E-state index in [0.717, 1.165) is 18.4 Å². The van der Waals surface area contributed by atoms with Gasteiger partial charge in [0, 0.05) is 0 Å². The lowest BCUT2D eigenvalue weighted by molar-refractivity contribution is 0.138. The van der Waals surface area contributed by atoms with Crippen LogP contribution in [0.2, 0.25) is 0 Å². The molecule has 7 nitrogen and oxygen atoms in total. The number of amides is 1. The molecule has 116 valence electrons. The Hall–Kier alpha value is -2.44. The first kappa shape index (κ1) is 14.5. The van der Waals surface area contributed by atoms with E-state index in [4.69, 9.17) is 4.74 Å². The zero-order chi connectivity index (χ0) is 15.2. The number of carbonyl (C=O) groups is 1. The van der Waals surface area contributed by atoms with E-state index < -0.39 is 6.09 Å². The molecule has 1 aliphatic carbocycles. The van der Waals surface area contributed by atoms with Crippen LogP contribution in [0.5, 0.6) is 0 Å². The van der Waals surface area contributed by atoms with Gasteiger partial charge in [0.1, 0.15) is 6.61 Å². The summed E-state index contributed by atoms with van der Waals surface area (Å²) in [5.74, 6) is 0.670. The SMILES string of the molecule is O=C(NCc1nnnn1C1CCCC1)OCc1ccccc1. The smallest absolute Gasteiger partial charge is 0.407 e. The zero-order valence-corrected chi connectivity index (χ0v) is 12.3. The second kappa shape index (κ2) is 7.02. The number of ether oxygens (including phenoxy) is 1. The van der Waals surface area contributed by atoms with Gasteiger partial charge in [-0.25, -0.2) is 9.48 Å². The Morgan fingerprint density at radius 3 is 2.82 bits per heavy atom. The van der Waals surface area contributed by atoms with Crippen molar-refractivity contribution < 1.29 is 9.53 Å². The van der Waals surface area contributed by atoms with Gasteiger partial charge in [-0.2, -0.15) is 0 Å². The number of hydrogen-bond acceptors (Lipinski definition) is 5. The average Bonchev–Trinajstić information content (AvgIpc) is 3.22. The summed E-state index contributed by atoms with van der Waals surface area (Å²) < 4.78 is 6.99. The largest absolute Gasteiger partial charge is 0.445 e. The lowest BCUT2D eigenvalue weighted by Crippen LogP contribution is -2.26. The van der Waals surface area contributed by atoms with Crippen molar-refractivity contribution in [2.24, 2.45) is 0 Å². The molecule has 0 unspecified atom stereocenters. The normalized spacial score (nSPS) is 14.9. The Bertz CT molecular complexity index is 607. The van der Waals surface area contributed by atoms with Gasteiger partial charge in [-0.3, -0.25) is 0 Å². The summed E-state index contributed by atoms with van der Waals surface area (Å²) in [6, 6.07) is 9.92. The highest BCUT2D eigenvalue weighted by molar-refractivity contribution is 5.67. The van der Waals surface area contributed by atoms with E-state index in [9.17, 15) is 4.79 Å². The van der Waals surface area contributed by atoms with Crippen LogP contribution in [0.3, 0.4) is 0 Å². The molecule has 0 atom stereocenters. The fraction of sp³-hybridized carbons (Fsp3) is 0.467. The minimum atomic E-state index is -0.468. The molecule has 0 radical (unpaired) electrons. The van der Waals surface area contributed by atoms with E-state index in [1.807, 2.05) is 35.0 Å². The highest BCUT2D eigenvalue weighted by Crippen LogP contribution is 2.28. The fourth-order valence-electron chi connectivity index (χ4n) is 2.69. The molecule has 1 heterocycles. The number of carbonyl (C=O) groups excluding carboxylic acids is 1. The van der Waals surface area contributed by atoms with Crippen LogP contribution in [0.4, 0.5) is 4.79 Å². The minimum Gasteiger partial charge on any atom is -0.445 e. The molecule has 7 heteroatoms. The number of hydrogen-bond donors (Lipinski definition) is 1. The summed E-state index contributed by atoms with van der Waals surface area (Å²) in [5, 5.41) is 14.4. The number of benzene rings is 1. The second-order valence-corrected chi connectivity index (χ2v) is 5.39. The molecule has 2 aromatic rings. The standard InChI is InChI=1S/C15H19N5O2/c21-15(22-11-12-6-2-1-3-7-12)16-10-14-17-18-19-20(14)13-8-4-5-9-13/h1-3,6-7,13H,4-5,8-11H2,(H,16,21). The van der Waals surface area contributed by atoms with Gasteiger partial charge in [0.05, 0.1) is 12.6 Å². The Balaban J connectivity index is 1.48. The predicted octanol–water partition coefficient (Wildman–Crippen LogP) is 2.21. The van der Waals surface area contributed by atoms with Crippen molar-refractivity contribution in [1.82, 2.24) is 25.5 Å². The number of nitrogens with zero attached hydrogens (tertiary/aromatic N) is 4. The van der Waals surface area contributed by atoms with E-state index in [1.54, 1.807) is 0 Å². The Labute approximate surface area is 128 Å². The number of nitrogens with one attached hydrogen (secondary N) is 1. The van der Waals surface area contributed by atoms with Gasteiger partial charge in [-0.15, -0.1) is 5.10 Å². The first-order chi connectivity index (χ1) is 10.8. The van der Waals surface area contributed by atoms with Crippen molar-refractivity contribution in [2.75, 3.05) is 0 Å². The van der Waals surface area contributed by atoms with Crippen molar-refractivity contribution in [3.63, 3.8) is 0 Å². The van der Waals surface area contributed by atoms with Gasteiger partial charge in [0.25, 0.3) is 0 Å². The molecule has 1 aromatic heterocycles. The second-order valence-electron chi connectivity index (χ2n) is 5.39. The van der Waals surface area contributed by atoms with Crippen LogP contribution in [-0.2, 0) is 17.9 Å². The molecule has 22 heavy (non-hydrogen) atoms. The van der Waals surface area contributed by atoms with E-state index >= 15 is 0 Å². The van der Waals surface area contributed by atoms with Crippen molar-refractivity contribution in [3.8, 4) is 0 Å². The van der Waals surface area contributed by atoms with Crippen molar-refractivity contribution in [3.05, 3.63) is 41.7 Å². The number of alkyl carbamates (subject to hydrolysis) is 1. The van der Waals surface area contributed by atoms with Gasteiger partial charge >= 0.3 is 6.09 Å². The fourth-order valence-corrected chi connectivity index (χ4v) is 2.69. The van der Waals surface area contributed by atoms with Crippen LogP contribution in [0, 0.1) is 0 Å². The topological polar surface area (TPSA) is 81.9 Å². The molecule has 0 bridgehead atoms. The minimum absolute atomic E-state index is 0.250. The molecule has 1 amide bonds. The van der Waals surface area contributed by atoms with Crippen LogP contribution in [0.25, 0.3) is 0 Å². The summed E-state index contributed by atoms with van der Waals surface area (Å²) >= 11 is 0. The summed E-state index contributed by atoms with van der Waals surface area (Å²) in [6.45, 7) is 0.525. The summed E-state index contributed by atoms with van der Waals surface area (Å²) in [6.07, 6.45) is 4.13. The molecule has 1 aliphatic rings. The lowest BCUT2D eigenvalue weighted by Gasteiger charge is -2.11. The van der Waals surface area contributed by atoms with Crippen molar-refractivity contribution >= 4 is 6.09 Å². The Kier molecular flexibility index (Phi) is 4.62. The van der Waals surface area contributed by atoms with Crippen LogP contribution < -0.4 is 5.32 Å². The van der Waals surface area contributed by atoms with Crippen molar-refractivity contribution in [2.45, 2.75) is 44.9 Å². The van der Waals surface area contributed by atoms with Gasteiger partial charge in [-0.05, 0) is 28.8 Å². The monoisotopic (exact) mass is 301 g/mol. The molecule has 1 aromatic carbocycles. The quantitative estimate of drug-likeness (QED) is 0.915. The molecule has 3 rings (SSSR count). The summed E-state index contributed by atoms with van der Waals surface area (Å²) in [4.78, 5) is 11.7. The maximum absolute atomic E-state index is 11.7. The molecule has 1 N–H and O–H groups in total. The van der Waals surface area contributed by atoms with Gasteiger partial charge < -0.3 is 10.1 Å². The lowest BCUT2D eigenvalue weighted by atomic mass is 10.2. The highest BCUT2D eigenvalue weighted by atomic mass is 16.5. The van der Waals surface area contributed by atoms with Crippen LogP contribution in [0.15, 0.2) is 30.3 Å². The molecule has 0 saturated heterocycles. The van der Waals surface area contributed by atoms with Crippen LogP contribution >= 0.6 is 0 Å². The van der Waals surface area contributed by atoms with Gasteiger partial charge in [0.2, 0.25) is 0 Å².